The molecule has 2 saturated heterocycles. The van der Waals surface area contributed by atoms with Crippen molar-refractivity contribution in [1.29, 1.82) is 0 Å². The minimum absolute atomic E-state index is 0.00566. The number of esters is 2. The zero-order chi connectivity index (χ0) is 24.5. The molecule has 1 N–H and O–H groups in total. The number of methoxy groups -OCH3 is 1. The largest absolute Gasteiger partial charge is 0.458 e. The van der Waals surface area contributed by atoms with Crippen LogP contribution in [0, 0.1) is 5.92 Å². The second-order valence-electron chi connectivity index (χ2n) is 9.88. The summed E-state index contributed by atoms with van der Waals surface area (Å²) in [5.74, 6) is -0.291. The van der Waals surface area contributed by atoms with Crippen molar-refractivity contribution in [2.24, 2.45) is 5.92 Å². The van der Waals surface area contributed by atoms with E-state index in [2.05, 4.69) is 32.2 Å². The summed E-state index contributed by atoms with van der Waals surface area (Å²) in [5.41, 5.74) is 1.38. The summed E-state index contributed by atoms with van der Waals surface area (Å²) in [6.07, 6.45) is 3.99. The minimum atomic E-state index is -0.380. The fourth-order valence-electron chi connectivity index (χ4n) is 5.26. The van der Waals surface area contributed by atoms with Gasteiger partial charge in [-0.1, -0.05) is 11.6 Å². The van der Waals surface area contributed by atoms with E-state index in [4.69, 9.17) is 23.7 Å². The van der Waals surface area contributed by atoms with E-state index < -0.39 is 0 Å². The summed E-state index contributed by atoms with van der Waals surface area (Å²) in [6, 6.07) is 6.82. The summed E-state index contributed by atoms with van der Waals surface area (Å²) >= 11 is 0. The number of anilines is 1. The average Bonchev–Trinajstić information content (AvgIpc) is 3.70. The van der Waals surface area contributed by atoms with Crippen molar-refractivity contribution < 1.29 is 33.3 Å². The lowest BCUT2D eigenvalue weighted by Gasteiger charge is -2.42. The molecule has 1 aromatic rings. The Morgan fingerprint density at radius 3 is 2.50 bits per heavy atom. The van der Waals surface area contributed by atoms with Gasteiger partial charge in [0.2, 0.25) is 0 Å². The van der Waals surface area contributed by atoms with Crippen molar-refractivity contribution in [3.8, 4) is 5.75 Å². The Bertz CT molecular complexity index is 935. The third-order valence-corrected chi connectivity index (χ3v) is 7.07. The molecule has 1 saturated carbocycles. The molecule has 1 aromatic carbocycles. The predicted octanol–water partition coefficient (Wildman–Crippen LogP) is 3.64. The van der Waals surface area contributed by atoms with Crippen LogP contribution < -0.4 is 10.1 Å². The van der Waals surface area contributed by atoms with Crippen LogP contribution in [0.1, 0.15) is 47.0 Å². The molecule has 0 bridgehead atoms. The molecular formula is C26H35NO7. The number of epoxide rings is 2. The van der Waals surface area contributed by atoms with Crippen molar-refractivity contribution in [2.75, 3.05) is 25.6 Å². The lowest BCUT2D eigenvalue weighted by Crippen LogP contribution is -2.55. The first kappa shape index (κ1) is 24.7. The van der Waals surface area contributed by atoms with Crippen LogP contribution in [0.2, 0.25) is 0 Å². The van der Waals surface area contributed by atoms with Crippen molar-refractivity contribution in [1.82, 2.24) is 0 Å². The number of hydrogen-bond acceptors (Lipinski definition) is 8. The number of carbonyl (C=O) groups is 2. The van der Waals surface area contributed by atoms with E-state index in [1.807, 2.05) is 0 Å². The summed E-state index contributed by atoms with van der Waals surface area (Å²) in [4.78, 5) is 23.7. The van der Waals surface area contributed by atoms with Crippen molar-refractivity contribution in [2.45, 2.75) is 76.5 Å². The van der Waals surface area contributed by atoms with Crippen LogP contribution in [-0.2, 0) is 28.5 Å². The van der Waals surface area contributed by atoms with Crippen molar-refractivity contribution in [3.63, 3.8) is 0 Å². The number of benzene rings is 1. The second-order valence-corrected chi connectivity index (χ2v) is 9.88. The quantitative estimate of drug-likeness (QED) is 0.251. The van der Waals surface area contributed by atoms with E-state index in [1.54, 1.807) is 31.4 Å². The Hall–Kier alpha value is -2.42. The first-order valence-electron chi connectivity index (χ1n) is 11.9. The van der Waals surface area contributed by atoms with Crippen LogP contribution in [0.25, 0.3) is 0 Å². The van der Waals surface area contributed by atoms with Crippen molar-refractivity contribution >= 4 is 17.6 Å². The summed E-state index contributed by atoms with van der Waals surface area (Å²) < 4.78 is 29.0. The Labute approximate surface area is 200 Å². The van der Waals surface area contributed by atoms with Gasteiger partial charge >= 0.3 is 11.9 Å². The van der Waals surface area contributed by atoms with Gasteiger partial charge in [0.15, 0.2) is 0 Å². The molecule has 2 aliphatic heterocycles. The molecule has 0 aromatic heterocycles. The topological polar surface area (TPSA) is 98.9 Å². The molecule has 6 atom stereocenters. The first-order chi connectivity index (χ1) is 16.2. The predicted molar refractivity (Wildman–Crippen MR) is 126 cm³/mol. The molecule has 0 amide bonds. The zero-order valence-corrected chi connectivity index (χ0v) is 20.6. The molecule has 1 unspecified atom stereocenters. The van der Waals surface area contributed by atoms with E-state index in [0.29, 0.717) is 18.8 Å². The molecule has 186 valence electrons. The Balaban J connectivity index is 1.36. The summed E-state index contributed by atoms with van der Waals surface area (Å²) in [5, 5.41) is 3.05. The van der Waals surface area contributed by atoms with E-state index in [-0.39, 0.29) is 53.9 Å². The zero-order valence-electron chi connectivity index (χ0n) is 20.6. The molecule has 1 spiro atoms. The van der Waals surface area contributed by atoms with Gasteiger partial charge in [0.25, 0.3) is 0 Å². The molecule has 4 rings (SSSR count). The second kappa shape index (κ2) is 9.68. The van der Waals surface area contributed by atoms with E-state index in [1.165, 1.54) is 12.5 Å². The van der Waals surface area contributed by atoms with Gasteiger partial charge in [-0.3, -0.25) is 9.59 Å². The van der Waals surface area contributed by atoms with Crippen LogP contribution in [0.5, 0.6) is 5.75 Å². The number of ether oxygens (including phenoxy) is 5. The van der Waals surface area contributed by atoms with Crippen LogP contribution >= 0.6 is 0 Å². The monoisotopic (exact) mass is 473 g/mol. The van der Waals surface area contributed by atoms with Gasteiger partial charge < -0.3 is 29.0 Å². The Kier molecular flexibility index (Phi) is 7.03. The van der Waals surface area contributed by atoms with Gasteiger partial charge in [0.1, 0.15) is 35.7 Å². The van der Waals surface area contributed by atoms with Gasteiger partial charge in [-0.25, -0.2) is 0 Å². The van der Waals surface area contributed by atoms with Gasteiger partial charge in [-0.05, 0) is 64.3 Å². The molecule has 3 aliphatic rings. The first-order valence-corrected chi connectivity index (χ1v) is 11.9. The van der Waals surface area contributed by atoms with Gasteiger partial charge in [0.05, 0.1) is 18.6 Å². The molecule has 34 heavy (non-hydrogen) atoms. The lowest BCUT2D eigenvalue weighted by atomic mass is 9.68. The molecule has 8 nitrogen and oxygen atoms in total. The number of carbonyl (C=O) groups excluding carboxylic acids is 2. The van der Waals surface area contributed by atoms with Crippen LogP contribution in [-0.4, -0.2) is 61.7 Å². The van der Waals surface area contributed by atoms with Crippen LogP contribution in [0.4, 0.5) is 5.69 Å². The third kappa shape index (κ3) is 5.29. The highest BCUT2D eigenvalue weighted by atomic mass is 16.6. The third-order valence-electron chi connectivity index (χ3n) is 7.07. The van der Waals surface area contributed by atoms with E-state index >= 15 is 0 Å². The number of hydrogen-bond donors (Lipinski definition) is 1. The highest BCUT2D eigenvalue weighted by Crippen LogP contribution is 2.59. The lowest BCUT2D eigenvalue weighted by molar-refractivity contribution is -0.170. The maximum Gasteiger partial charge on any atom is 0.325 e. The van der Waals surface area contributed by atoms with E-state index in [0.717, 1.165) is 18.5 Å². The number of nitrogens with one attached hydrogen (secondary N) is 1. The average molecular weight is 474 g/mol. The molecule has 3 fully saturated rings. The highest BCUT2D eigenvalue weighted by Gasteiger charge is 2.72. The maximum atomic E-state index is 12.7. The Morgan fingerprint density at radius 1 is 1.21 bits per heavy atom. The minimum Gasteiger partial charge on any atom is -0.458 e. The standard InChI is InChI=1S/C26H35NO7/c1-16(2)6-11-21-25(4,34-21)24-23(30-5)20(12-13-26(24)15-31-26)33-22(29)14-27-18-7-9-19(10-8-18)32-17(3)28/h6-10,20-21,23-24,27H,11-15H2,1-5H3/t20-,21?,23-,24-,25+,26+/m1/s1. The molecule has 2 heterocycles. The summed E-state index contributed by atoms with van der Waals surface area (Å²) in [6.45, 7) is 8.35. The van der Waals surface area contributed by atoms with Crippen molar-refractivity contribution in [3.05, 3.63) is 35.9 Å². The normalized spacial score (nSPS) is 33.7. The van der Waals surface area contributed by atoms with Gasteiger partial charge in [-0.2, -0.15) is 0 Å². The number of allylic oxidation sites excluding steroid dienone is 1. The van der Waals surface area contributed by atoms with Gasteiger partial charge in [0, 0.05) is 19.7 Å². The van der Waals surface area contributed by atoms with Crippen LogP contribution in [0.15, 0.2) is 35.9 Å². The molecule has 0 radical (unpaired) electrons. The van der Waals surface area contributed by atoms with E-state index in [9.17, 15) is 9.59 Å². The SMILES string of the molecule is CO[C@@H]1[C@H](OC(=O)CNc2ccc(OC(C)=O)cc2)CC[C@]2(CO2)[C@H]1[C@@]1(C)OC1CC=C(C)C. The fourth-order valence-corrected chi connectivity index (χ4v) is 5.26. The Morgan fingerprint density at radius 2 is 1.91 bits per heavy atom. The van der Waals surface area contributed by atoms with Crippen LogP contribution in [0.3, 0.4) is 0 Å². The smallest absolute Gasteiger partial charge is 0.325 e. The maximum absolute atomic E-state index is 12.7. The fraction of sp³-hybridized carbons (Fsp3) is 0.615. The molecular weight excluding hydrogens is 438 g/mol. The van der Waals surface area contributed by atoms with Gasteiger partial charge in [-0.15, -0.1) is 0 Å². The summed E-state index contributed by atoms with van der Waals surface area (Å²) in [7, 11) is 1.67. The highest BCUT2D eigenvalue weighted by molar-refractivity contribution is 5.75. The molecule has 8 heteroatoms. The molecule has 1 aliphatic carbocycles. The number of rotatable bonds is 9.